The highest BCUT2D eigenvalue weighted by Gasteiger charge is 2.21. The second kappa shape index (κ2) is 9.51. The molecule has 10 heteroatoms. The maximum atomic E-state index is 13.0. The maximum absolute atomic E-state index is 13.0. The summed E-state index contributed by atoms with van der Waals surface area (Å²) in [4.78, 5) is 38.3. The SMILES string of the molecule is O=C(NCc1ccc2c(c1)OCO2)C(=O)Nn1c(C(=O)Nc2ccccc2)cc2cc(Br)ccc21. The van der Waals surface area contributed by atoms with E-state index in [0.717, 1.165) is 10.0 Å². The van der Waals surface area contributed by atoms with E-state index in [0.29, 0.717) is 28.1 Å². The Morgan fingerprint density at radius 3 is 2.51 bits per heavy atom. The van der Waals surface area contributed by atoms with Gasteiger partial charge in [0.05, 0.1) is 5.52 Å². The molecule has 1 aromatic heterocycles. The van der Waals surface area contributed by atoms with E-state index in [1.165, 1.54) is 4.68 Å². The Balaban J connectivity index is 1.34. The van der Waals surface area contributed by atoms with Crippen molar-refractivity contribution in [1.29, 1.82) is 0 Å². The number of ether oxygens (including phenoxy) is 2. The van der Waals surface area contributed by atoms with Gasteiger partial charge < -0.3 is 20.1 Å². The molecule has 0 atom stereocenters. The number of benzene rings is 3. The maximum Gasteiger partial charge on any atom is 0.328 e. The summed E-state index contributed by atoms with van der Waals surface area (Å²) < 4.78 is 12.7. The van der Waals surface area contributed by atoms with Crippen LogP contribution in [0.1, 0.15) is 16.1 Å². The van der Waals surface area contributed by atoms with E-state index in [4.69, 9.17) is 9.47 Å². The number of para-hydroxylation sites is 1. The normalized spacial score (nSPS) is 11.8. The molecule has 5 rings (SSSR count). The van der Waals surface area contributed by atoms with Crippen molar-refractivity contribution in [1.82, 2.24) is 9.99 Å². The molecule has 0 fully saturated rings. The Kier molecular flexibility index (Phi) is 6.11. The summed E-state index contributed by atoms with van der Waals surface area (Å²) in [5.74, 6) is -0.994. The van der Waals surface area contributed by atoms with Crippen LogP contribution in [0.25, 0.3) is 10.9 Å². The Morgan fingerprint density at radius 1 is 0.886 bits per heavy atom. The first-order valence-electron chi connectivity index (χ1n) is 10.6. The fraction of sp³-hybridized carbons (Fsp3) is 0.0800. The summed E-state index contributed by atoms with van der Waals surface area (Å²) in [6.45, 7) is 0.263. The second-order valence-electron chi connectivity index (χ2n) is 7.70. The van der Waals surface area contributed by atoms with E-state index in [9.17, 15) is 14.4 Å². The van der Waals surface area contributed by atoms with Crippen LogP contribution in [0.5, 0.6) is 11.5 Å². The first-order valence-corrected chi connectivity index (χ1v) is 11.4. The Morgan fingerprint density at radius 2 is 1.69 bits per heavy atom. The molecule has 0 bridgehead atoms. The number of rotatable bonds is 5. The average molecular weight is 535 g/mol. The van der Waals surface area contributed by atoms with Gasteiger partial charge in [0, 0.05) is 22.1 Å². The number of amides is 3. The van der Waals surface area contributed by atoms with Crippen LogP contribution in [-0.4, -0.2) is 29.2 Å². The van der Waals surface area contributed by atoms with Crippen LogP contribution >= 0.6 is 15.9 Å². The fourth-order valence-corrected chi connectivity index (χ4v) is 4.04. The van der Waals surface area contributed by atoms with E-state index in [1.54, 1.807) is 60.7 Å². The van der Waals surface area contributed by atoms with Gasteiger partial charge in [0.1, 0.15) is 5.69 Å². The van der Waals surface area contributed by atoms with Crippen molar-refractivity contribution in [3.63, 3.8) is 0 Å². The zero-order chi connectivity index (χ0) is 24.4. The third-order valence-electron chi connectivity index (χ3n) is 5.34. The third-order valence-corrected chi connectivity index (χ3v) is 5.83. The minimum absolute atomic E-state index is 0.115. The number of fused-ring (bicyclic) bond motifs is 2. The largest absolute Gasteiger partial charge is 0.454 e. The number of aromatic nitrogens is 1. The lowest BCUT2D eigenvalue weighted by Crippen LogP contribution is -2.39. The number of halogens is 1. The molecule has 176 valence electrons. The average Bonchev–Trinajstić information content (AvgIpc) is 3.47. The third kappa shape index (κ3) is 4.82. The van der Waals surface area contributed by atoms with Crippen molar-refractivity contribution in [2.45, 2.75) is 6.54 Å². The number of carbonyl (C=O) groups excluding carboxylic acids is 3. The van der Waals surface area contributed by atoms with Gasteiger partial charge in [0.25, 0.3) is 5.91 Å². The van der Waals surface area contributed by atoms with Crippen LogP contribution in [0.4, 0.5) is 5.69 Å². The van der Waals surface area contributed by atoms with E-state index in [1.807, 2.05) is 12.1 Å². The number of nitrogens with zero attached hydrogens (tertiary/aromatic N) is 1. The zero-order valence-corrected chi connectivity index (χ0v) is 19.8. The van der Waals surface area contributed by atoms with Gasteiger partial charge in [-0.2, -0.15) is 0 Å². The summed E-state index contributed by atoms with van der Waals surface area (Å²) >= 11 is 3.41. The van der Waals surface area contributed by atoms with Gasteiger partial charge in [-0.15, -0.1) is 0 Å². The summed E-state index contributed by atoms with van der Waals surface area (Å²) in [5, 5.41) is 6.08. The van der Waals surface area contributed by atoms with Gasteiger partial charge in [-0.05, 0) is 54.1 Å². The lowest BCUT2D eigenvalue weighted by atomic mass is 10.2. The number of nitrogens with one attached hydrogen (secondary N) is 3. The molecule has 1 aliphatic rings. The molecule has 3 aromatic carbocycles. The molecule has 0 saturated heterocycles. The van der Waals surface area contributed by atoms with Gasteiger partial charge in [-0.3, -0.25) is 19.8 Å². The molecular formula is C25H19BrN4O5. The number of carbonyl (C=O) groups is 3. The Hall–Kier alpha value is -4.31. The highest BCUT2D eigenvalue weighted by Crippen LogP contribution is 2.32. The number of hydrogen-bond donors (Lipinski definition) is 3. The van der Waals surface area contributed by atoms with Crippen molar-refractivity contribution in [2.24, 2.45) is 0 Å². The number of anilines is 1. The van der Waals surface area contributed by atoms with E-state index in [-0.39, 0.29) is 19.0 Å². The monoisotopic (exact) mass is 534 g/mol. The van der Waals surface area contributed by atoms with Crippen LogP contribution in [0.15, 0.2) is 77.3 Å². The molecule has 3 N–H and O–H groups in total. The van der Waals surface area contributed by atoms with Crippen molar-refractivity contribution >= 4 is 50.2 Å². The molecular weight excluding hydrogens is 516 g/mol. The smallest absolute Gasteiger partial charge is 0.328 e. The van der Waals surface area contributed by atoms with Crippen LogP contribution in [-0.2, 0) is 16.1 Å². The van der Waals surface area contributed by atoms with Gasteiger partial charge in [0.15, 0.2) is 11.5 Å². The lowest BCUT2D eigenvalue weighted by Gasteiger charge is -2.13. The molecule has 0 aliphatic carbocycles. The predicted molar refractivity (Wildman–Crippen MR) is 133 cm³/mol. The Labute approximate surface area is 208 Å². The van der Waals surface area contributed by atoms with Gasteiger partial charge in [-0.25, -0.2) is 4.68 Å². The fourth-order valence-electron chi connectivity index (χ4n) is 3.66. The quantitative estimate of drug-likeness (QED) is 0.337. The van der Waals surface area contributed by atoms with Gasteiger partial charge in [-0.1, -0.05) is 40.2 Å². The minimum Gasteiger partial charge on any atom is -0.454 e. The first kappa shape index (κ1) is 22.5. The first-order chi connectivity index (χ1) is 17.0. The van der Waals surface area contributed by atoms with Crippen molar-refractivity contribution in [2.75, 3.05) is 17.5 Å². The van der Waals surface area contributed by atoms with E-state index < -0.39 is 17.7 Å². The lowest BCUT2D eigenvalue weighted by molar-refractivity contribution is -0.136. The topological polar surface area (TPSA) is 111 Å². The van der Waals surface area contributed by atoms with E-state index >= 15 is 0 Å². The molecule has 0 unspecified atom stereocenters. The second-order valence-corrected chi connectivity index (χ2v) is 8.62. The van der Waals surface area contributed by atoms with E-state index in [2.05, 4.69) is 32.0 Å². The molecule has 0 saturated carbocycles. The van der Waals surface area contributed by atoms with Crippen LogP contribution in [0, 0.1) is 0 Å². The molecule has 3 amide bonds. The van der Waals surface area contributed by atoms with Crippen molar-refractivity contribution in [3.05, 3.63) is 88.5 Å². The molecule has 2 heterocycles. The molecule has 1 aliphatic heterocycles. The summed E-state index contributed by atoms with van der Waals surface area (Å²) in [6.07, 6.45) is 0. The molecule has 0 radical (unpaired) electrons. The van der Waals surface area contributed by atoms with Crippen molar-refractivity contribution in [3.8, 4) is 11.5 Å². The highest BCUT2D eigenvalue weighted by atomic mass is 79.9. The molecule has 4 aromatic rings. The van der Waals surface area contributed by atoms with Crippen LogP contribution in [0.2, 0.25) is 0 Å². The van der Waals surface area contributed by atoms with Gasteiger partial charge in [0.2, 0.25) is 6.79 Å². The van der Waals surface area contributed by atoms with Crippen molar-refractivity contribution < 1.29 is 23.9 Å². The van der Waals surface area contributed by atoms with Crippen LogP contribution < -0.4 is 25.5 Å². The van der Waals surface area contributed by atoms with Crippen LogP contribution in [0.3, 0.4) is 0 Å². The molecule has 35 heavy (non-hydrogen) atoms. The number of hydrogen-bond acceptors (Lipinski definition) is 5. The predicted octanol–water partition coefficient (Wildman–Crippen LogP) is 3.77. The molecule has 9 nitrogen and oxygen atoms in total. The summed E-state index contributed by atoms with van der Waals surface area (Å²) in [7, 11) is 0. The standard InChI is InChI=1S/C25H19BrN4O5/c26-17-7-8-19-16(11-17)12-20(23(31)28-18-4-2-1-3-5-18)30(19)29-25(33)24(32)27-13-15-6-9-21-22(10-15)35-14-34-21/h1-12H,13-14H2,(H,27,32)(H,28,31)(H,29,33). The Bertz CT molecular complexity index is 1450. The summed E-state index contributed by atoms with van der Waals surface area (Å²) in [6, 6.07) is 21.2. The minimum atomic E-state index is -0.917. The summed E-state index contributed by atoms with van der Waals surface area (Å²) in [5.41, 5.74) is 4.61. The highest BCUT2D eigenvalue weighted by molar-refractivity contribution is 9.10. The van der Waals surface area contributed by atoms with Gasteiger partial charge >= 0.3 is 11.8 Å². The molecule has 0 spiro atoms. The zero-order valence-electron chi connectivity index (χ0n) is 18.2.